The molecule has 1 aromatic heterocycles. The van der Waals surface area contributed by atoms with Crippen LogP contribution in [0, 0.1) is 0 Å². The quantitative estimate of drug-likeness (QED) is 0.707. The Kier molecular flexibility index (Phi) is 1.66. The smallest absolute Gasteiger partial charge is 0.172 e. The van der Waals surface area contributed by atoms with Gasteiger partial charge >= 0.3 is 0 Å². The summed E-state index contributed by atoms with van der Waals surface area (Å²) in [5.74, 6) is 2.32. The minimum absolute atomic E-state index is 0.455. The molecule has 0 amide bonds. The van der Waals surface area contributed by atoms with Gasteiger partial charge in [0.1, 0.15) is 11.4 Å². The summed E-state index contributed by atoms with van der Waals surface area (Å²) in [6.07, 6.45) is 3.26. The van der Waals surface area contributed by atoms with Crippen LogP contribution in [0.2, 0.25) is 0 Å². The van der Waals surface area contributed by atoms with E-state index in [0.717, 1.165) is 18.1 Å². The van der Waals surface area contributed by atoms with Gasteiger partial charge in [-0.25, -0.2) is 4.98 Å². The van der Waals surface area contributed by atoms with Crippen molar-refractivity contribution in [1.82, 2.24) is 15.2 Å². The summed E-state index contributed by atoms with van der Waals surface area (Å²) >= 11 is 0. The second kappa shape index (κ2) is 2.77. The van der Waals surface area contributed by atoms with Crippen molar-refractivity contribution in [3.8, 4) is 0 Å². The highest BCUT2D eigenvalue weighted by atomic mass is 16.5. The van der Waals surface area contributed by atoms with Crippen molar-refractivity contribution in [2.24, 2.45) is 5.73 Å². The zero-order chi connectivity index (χ0) is 9.60. The topological polar surface area (TPSA) is 76.8 Å². The fourth-order valence-electron chi connectivity index (χ4n) is 1.79. The van der Waals surface area contributed by atoms with Crippen molar-refractivity contribution < 1.29 is 4.74 Å². The molecule has 0 spiro atoms. The summed E-state index contributed by atoms with van der Waals surface area (Å²) < 4.78 is 5.28. The summed E-state index contributed by atoms with van der Waals surface area (Å²) in [7, 11) is 0. The molecule has 5 nitrogen and oxygen atoms in total. The average Bonchev–Trinajstić information content (AvgIpc) is 2.75. The Hall–Kier alpha value is -0.940. The third-order valence-electron chi connectivity index (χ3n) is 2.96. The second-order valence-corrected chi connectivity index (χ2v) is 4.28. The summed E-state index contributed by atoms with van der Waals surface area (Å²) in [5, 5.41) is 7.16. The van der Waals surface area contributed by atoms with Crippen LogP contribution in [0.15, 0.2) is 0 Å². The molecular weight excluding hydrogens is 180 g/mol. The van der Waals surface area contributed by atoms with E-state index in [2.05, 4.69) is 15.2 Å². The molecule has 14 heavy (non-hydrogen) atoms. The zero-order valence-electron chi connectivity index (χ0n) is 7.99. The molecular formula is C9H14N4O. The monoisotopic (exact) mass is 194 g/mol. The Bertz CT molecular complexity index is 338. The van der Waals surface area contributed by atoms with Gasteiger partial charge in [-0.05, 0) is 19.3 Å². The van der Waals surface area contributed by atoms with Gasteiger partial charge in [0.25, 0.3) is 0 Å². The van der Waals surface area contributed by atoms with Crippen LogP contribution in [0.3, 0.4) is 0 Å². The average molecular weight is 194 g/mol. The number of aromatic amines is 1. The van der Waals surface area contributed by atoms with Gasteiger partial charge in [0.05, 0.1) is 6.61 Å². The highest BCUT2D eigenvalue weighted by Gasteiger charge is 2.37. The molecule has 1 aromatic rings. The maximum absolute atomic E-state index is 6.14. The largest absolute Gasteiger partial charge is 0.379 e. The predicted octanol–water partition coefficient (Wildman–Crippen LogP) is 0.256. The normalized spacial score (nSPS) is 32.4. The lowest BCUT2D eigenvalue weighted by Gasteiger charge is -2.16. The van der Waals surface area contributed by atoms with Crippen LogP contribution in [-0.4, -0.2) is 28.4 Å². The molecule has 0 aromatic carbocycles. The van der Waals surface area contributed by atoms with Crippen LogP contribution in [0.5, 0.6) is 0 Å². The number of hydrogen-bond acceptors (Lipinski definition) is 4. The molecule has 5 heteroatoms. The predicted molar refractivity (Wildman–Crippen MR) is 49.7 cm³/mol. The molecule has 3 rings (SSSR count). The molecule has 1 saturated heterocycles. The van der Waals surface area contributed by atoms with Gasteiger partial charge in [0, 0.05) is 12.5 Å². The number of aromatic nitrogens is 3. The number of nitrogens with zero attached hydrogens (tertiary/aromatic N) is 2. The van der Waals surface area contributed by atoms with Gasteiger partial charge in [0.2, 0.25) is 0 Å². The molecule has 0 bridgehead atoms. The molecule has 3 N–H and O–H groups in total. The maximum Gasteiger partial charge on any atom is 0.172 e. The highest BCUT2D eigenvalue weighted by Crippen LogP contribution is 2.38. The van der Waals surface area contributed by atoms with E-state index >= 15 is 0 Å². The summed E-state index contributed by atoms with van der Waals surface area (Å²) in [5.41, 5.74) is 5.69. The molecule has 2 heterocycles. The SMILES string of the molecule is NC1(c2n[nH]c(C3CC3)n2)CCOC1. The van der Waals surface area contributed by atoms with Gasteiger partial charge in [0.15, 0.2) is 5.82 Å². The first-order valence-electron chi connectivity index (χ1n) is 5.07. The summed E-state index contributed by atoms with van der Waals surface area (Å²) in [4.78, 5) is 4.45. The number of ether oxygens (including phenoxy) is 1. The van der Waals surface area contributed by atoms with E-state index in [1.807, 2.05) is 0 Å². The van der Waals surface area contributed by atoms with Gasteiger partial charge in [-0.2, -0.15) is 5.10 Å². The van der Waals surface area contributed by atoms with Crippen molar-refractivity contribution in [3.63, 3.8) is 0 Å². The van der Waals surface area contributed by atoms with Gasteiger partial charge in [-0.3, -0.25) is 5.10 Å². The van der Waals surface area contributed by atoms with E-state index in [0.29, 0.717) is 19.1 Å². The van der Waals surface area contributed by atoms with Crippen LogP contribution in [0.25, 0.3) is 0 Å². The Labute approximate surface area is 82.0 Å². The molecule has 1 saturated carbocycles. The molecule has 2 aliphatic rings. The molecule has 1 aliphatic heterocycles. The fourth-order valence-corrected chi connectivity index (χ4v) is 1.79. The van der Waals surface area contributed by atoms with Gasteiger partial charge in [-0.15, -0.1) is 0 Å². The Balaban J connectivity index is 1.87. The van der Waals surface area contributed by atoms with Crippen molar-refractivity contribution in [2.75, 3.05) is 13.2 Å². The lowest BCUT2D eigenvalue weighted by atomic mass is 10.00. The number of nitrogens with one attached hydrogen (secondary N) is 1. The minimum Gasteiger partial charge on any atom is -0.379 e. The molecule has 0 radical (unpaired) electrons. The summed E-state index contributed by atoms with van der Waals surface area (Å²) in [6, 6.07) is 0. The first kappa shape index (κ1) is 8.38. The Morgan fingerprint density at radius 2 is 2.36 bits per heavy atom. The standard InChI is InChI=1S/C9H14N4O/c10-9(3-4-14-5-9)8-11-7(12-13-8)6-1-2-6/h6H,1-5,10H2,(H,11,12,13). The van der Waals surface area contributed by atoms with Crippen LogP contribution in [0.4, 0.5) is 0 Å². The third-order valence-corrected chi connectivity index (χ3v) is 2.96. The number of H-pyrrole nitrogens is 1. The maximum atomic E-state index is 6.14. The Morgan fingerprint density at radius 3 is 3.00 bits per heavy atom. The first-order valence-corrected chi connectivity index (χ1v) is 5.07. The minimum atomic E-state index is -0.455. The molecule has 76 valence electrons. The van der Waals surface area contributed by atoms with E-state index in [1.165, 1.54) is 12.8 Å². The summed E-state index contributed by atoms with van der Waals surface area (Å²) in [6.45, 7) is 1.25. The van der Waals surface area contributed by atoms with E-state index in [9.17, 15) is 0 Å². The number of hydrogen-bond donors (Lipinski definition) is 2. The van der Waals surface area contributed by atoms with Crippen molar-refractivity contribution >= 4 is 0 Å². The first-order chi connectivity index (χ1) is 6.78. The van der Waals surface area contributed by atoms with Crippen LogP contribution >= 0.6 is 0 Å². The van der Waals surface area contributed by atoms with Crippen molar-refractivity contribution in [2.45, 2.75) is 30.7 Å². The van der Waals surface area contributed by atoms with E-state index in [4.69, 9.17) is 10.5 Å². The van der Waals surface area contributed by atoms with Crippen molar-refractivity contribution in [1.29, 1.82) is 0 Å². The van der Waals surface area contributed by atoms with E-state index in [1.54, 1.807) is 0 Å². The van der Waals surface area contributed by atoms with E-state index in [-0.39, 0.29) is 0 Å². The molecule has 2 fully saturated rings. The van der Waals surface area contributed by atoms with Gasteiger partial charge in [-0.1, -0.05) is 0 Å². The van der Waals surface area contributed by atoms with E-state index < -0.39 is 5.54 Å². The number of nitrogens with two attached hydrogens (primary N) is 1. The molecule has 1 aliphatic carbocycles. The highest BCUT2D eigenvalue weighted by molar-refractivity contribution is 5.12. The zero-order valence-corrected chi connectivity index (χ0v) is 7.99. The van der Waals surface area contributed by atoms with Crippen molar-refractivity contribution in [3.05, 3.63) is 11.6 Å². The lowest BCUT2D eigenvalue weighted by molar-refractivity contribution is 0.176. The third kappa shape index (κ3) is 1.24. The van der Waals surface area contributed by atoms with Crippen LogP contribution in [0.1, 0.15) is 36.8 Å². The lowest BCUT2D eigenvalue weighted by Crippen LogP contribution is -2.38. The molecule has 1 unspecified atom stereocenters. The Morgan fingerprint density at radius 1 is 1.50 bits per heavy atom. The number of rotatable bonds is 2. The fraction of sp³-hybridized carbons (Fsp3) is 0.778. The van der Waals surface area contributed by atoms with Gasteiger partial charge < -0.3 is 10.5 Å². The second-order valence-electron chi connectivity index (χ2n) is 4.28. The molecule has 1 atom stereocenters. The van der Waals surface area contributed by atoms with Crippen LogP contribution < -0.4 is 5.73 Å². The van der Waals surface area contributed by atoms with Crippen LogP contribution in [-0.2, 0) is 10.3 Å².